The van der Waals surface area contributed by atoms with Gasteiger partial charge >= 0.3 is 0 Å². The third kappa shape index (κ3) is 2.94. The van der Waals surface area contributed by atoms with Gasteiger partial charge in [-0.25, -0.2) is 9.97 Å². The Labute approximate surface area is 102 Å². The third-order valence-electron chi connectivity index (χ3n) is 3.36. The fourth-order valence-corrected chi connectivity index (χ4v) is 1.92. The summed E-state index contributed by atoms with van der Waals surface area (Å²) in [7, 11) is 0. The Balaban J connectivity index is 1.67. The monoisotopic (exact) mass is 232 g/mol. The molecular formula is C13H20N4. The van der Waals surface area contributed by atoms with E-state index in [-0.39, 0.29) is 0 Å². The first kappa shape index (κ1) is 11.0. The van der Waals surface area contributed by atoms with E-state index in [4.69, 9.17) is 0 Å². The fourth-order valence-electron chi connectivity index (χ4n) is 1.92. The van der Waals surface area contributed by atoms with E-state index in [9.17, 15) is 0 Å². The van der Waals surface area contributed by atoms with Gasteiger partial charge < -0.3 is 10.6 Å². The van der Waals surface area contributed by atoms with Gasteiger partial charge in [-0.1, -0.05) is 6.92 Å². The van der Waals surface area contributed by atoms with Gasteiger partial charge in [-0.05, 0) is 32.1 Å². The minimum absolute atomic E-state index is 0.621. The van der Waals surface area contributed by atoms with Gasteiger partial charge in [0.2, 0.25) is 5.95 Å². The quantitative estimate of drug-likeness (QED) is 0.786. The van der Waals surface area contributed by atoms with Gasteiger partial charge in [0.05, 0.1) is 5.69 Å². The Morgan fingerprint density at radius 1 is 1.24 bits per heavy atom. The zero-order valence-electron chi connectivity index (χ0n) is 10.4. The number of nitrogens with one attached hydrogen (secondary N) is 2. The van der Waals surface area contributed by atoms with Crippen molar-refractivity contribution in [1.29, 1.82) is 0 Å². The molecule has 0 amide bonds. The van der Waals surface area contributed by atoms with Crippen LogP contribution in [0.3, 0.4) is 0 Å². The SMILES string of the molecule is CCc1nc(NC2CC2)ncc1CNC1CC1. The molecule has 0 radical (unpaired) electrons. The summed E-state index contributed by atoms with van der Waals surface area (Å²) in [6.07, 6.45) is 8.12. The first-order chi connectivity index (χ1) is 8.35. The minimum Gasteiger partial charge on any atom is -0.351 e. The van der Waals surface area contributed by atoms with Crippen LogP contribution in [0, 0.1) is 0 Å². The van der Waals surface area contributed by atoms with E-state index < -0.39 is 0 Å². The fraction of sp³-hybridized carbons (Fsp3) is 0.692. The number of anilines is 1. The highest BCUT2D eigenvalue weighted by atomic mass is 15.1. The lowest BCUT2D eigenvalue weighted by molar-refractivity contribution is 0.676. The normalized spacial score (nSPS) is 19.4. The Bertz CT molecular complexity index is 396. The topological polar surface area (TPSA) is 49.8 Å². The number of nitrogens with zero attached hydrogens (tertiary/aromatic N) is 2. The van der Waals surface area contributed by atoms with Crippen molar-refractivity contribution in [3.05, 3.63) is 17.5 Å². The highest BCUT2D eigenvalue weighted by Crippen LogP contribution is 2.23. The summed E-state index contributed by atoms with van der Waals surface area (Å²) in [6, 6.07) is 1.36. The van der Waals surface area contributed by atoms with Crippen LogP contribution in [0.15, 0.2) is 6.20 Å². The molecule has 0 aromatic carbocycles. The second-order valence-electron chi connectivity index (χ2n) is 5.09. The molecule has 0 spiro atoms. The maximum atomic E-state index is 4.61. The van der Waals surface area contributed by atoms with Crippen LogP contribution in [0.1, 0.15) is 43.9 Å². The Morgan fingerprint density at radius 2 is 2.00 bits per heavy atom. The van der Waals surface area contributed by atoms with Crippen molar-refractivity contribution < 1.29 is 0 Å². The van der Waals surface area contributed by atoms with E-state index in [2.05, 4.69) is 27.5 Å². The maximum absolute atomic E-state index is 4.61. The first-order valence-electron chi connectivity index (χ1n) is 6.70. The van der Waals surface area contributed by atoms with Crippen LogP contribution < -0.4 is 10.6 Å². The van der Waals surface area contributed by atoms with Crippen molar-refractivity contribution in [2.45, 2.75) is 57.7 Å². The van der Waals surface area contributed by atoms with Crippen LogP contribution in [0.5, 0.6) is 0 Å². The number of aryl methyl sites for hydroxylation is 1. The lowest BCUT2D eigenvalue weighted by Gasteiger charge is -2.10. The summed E-state index contributed by atoms with van der Waals surface area (Å²) in [5.74, 6) is 0.805. The average molecular weight is 232 g/mol. The molecule has 2 aliphatic rings. The maximum Gasteiger partial charge on any atom is 0.223 e. The zero-order valence-corrected chi connectivity index (χ0v) is 10.4. The van der Waals surface area contributed by atoms with Crippen molar-refractivity contribution in [2.75, 3.05) is 5.32 Å². The van der Waals surface area contributed by atoms with Crippen LogP contribution in [0.4, 0.5) is 5.95 Å². The van der Waals surface area contributed by atoms with Gasteiger partial charge in [0.1, 0.15) is 0 Å². The summed E-state index contributed by atoms with van der Waals surface area (Å²) >= 11 is 0. The molecule has 4 nitrogen and oxygen atoms in total. The molecule has 0 bridgehead atoms. The molecule has 17 heavy (non-hydrogen) atoms. The molecule has 3 rings (SSSR count). The number of rotatable bonds is 6. The van der Waals surface area contributed by atoms with E-state index in [1.165, 1.54) is 36.9 Å². The Morgan fingerprint density at radius 3 is 2.65 bits per heavy atom. The highest BCUT2D eigenvalue weighted by molar-refractivity contribution is 5.32. The standard InChI is InChI=1S/C13H20N4/c1-2-12-9(7-14-10-3-4-10)8-15-13(17-12)16-11-5-6-11/h8,10-11,14H,2-7H2,1H3,(H,15,16,17). The van der Waals surface area contributed by atoms with E-state index in [0.717, 1.165) is 25.0 Å². The van der Waals surface area contributed by atoms with Gasteiger partial charge in [0.25, 0.3) is 0 Å². The molecule has 0 saturated heterocycles. The van der Waals surface area contributed by atoms with Crippen molar-refractivity contribution >= 4 is 5.95 Å². The lowest BCUT2D eigenvalue weighted by Crippen LogP contribution is -2.18. The van der Waals surface area contributed by atoms with Crippen LogP contribution in [0.25, 0.3) is 0 Å². The van der Waals surface area contributed by atoms with Gasteiger partial charge in [0.15, 0.2) is 0 Å². The molecule has 0 aliphatic heterocycles. The molecule has 92 valence electrons. The molecule has 1 aromatic rings. The number of hydrogen-bond donors (Lipinski definition) is 2. The van der Waals surface area contributed by atoms with Gasteiger partial charge in [-0.15, -0.1) is 0 Å². The van der Waals surface area contributed by atoms with E-state index in [1.807, 2.05) is 6.20 Å². The smallest absolute Gasteiger partial charge is 0.223 e. The second-order valence-corrected chi connectivity index (χ2v) is 5.09. The third-order valence-corrected chi connectivity index (χ3v) is 3.36. The molecule has 4 heteroatoms. The Hall–Kier alpha value is -1.16. The van der Waals surface area contributed by atoms with Gasteiger partial charge in [-0.2, -0.15) is 0 Å². The molecule has 2 fully saturated rings. The molecule has 2 aliphatic carbocycles. The van der Waals surface area contributed by atoms with E-state index >= 15 is 0 Å². The minimum atomic E-state index is 0.621. The number of hydrogen-bond acceptors (Lipinski definition) is 4. The van der Waals surface area contributed by atoms with Crippen LogP contribution >= 0.6 is 0 Å². The van der Waals surface area contributed by atoms with E-state index in [0.29, 0.717) is 6.04 Å². The summed E-state index contributed by atoms with van der Waals surface area (Å²) in [4.78, 5) is 9.01. The predicted molar refractivity (Wildman–Crippen MR) is 67.9 cm³/mol. The first-order valence-corrected chi connectivity index (χ1v) is 6.70. The van der Waals surface area contributed by atoms with Gasteiger partial charge in [0, 0.05) is 30.4 Å². The highest BCUT2D eigenvalue weighted by Gasteiger charge is 2.23. The predicted octanol–water partition coefficient (Wildman–Crippen LogP) is 1.87. The van der Waals surface area contributed by atoms with Crippen molar-refractivity contribution in [3.8, 4) is 0 Å². The van der Waals surface area contributed by atoms with Crippen molar-refractivity contribution in [1.82, 2.24) is 15.3 Å². The van der Waals surface area contributed by atoms with E-state index in [1.54, 1.807) is 0 Å². The second kappa shape index (κ2) is 4.61. The summed E-state index contributed by atoms with van der Waals surface area (Å²) in [5, 5.41) is 6.87. The van der Waals surface area contributed by atoms with Crippen molar-refractivity contribution in [2.24, 2.45) is 0 Å². The molecule has 2 N–H and O–H groups in total. The Kier molecular flexibility index (Phi) is 2.97. The lowest BCUT2D eigenvalue weighted by atomic mass is 10.2. The van der Waals surface area contributed by atoms with Gasteiger partial charge in [-0.3, -0.25) is 0 Å². The molecule has 0 unspecified atom stereocenters. The number of aromatic nitrogens is 2. The molecule has 1 aromatic heterocycles. The molecular weight excluding hydrogens is 212 g/mol. The average Bonchev–Trinajstić information content (AvgIpc) is 3.21. The molecule has 0 atom stereocenters. The molecule has 1 heterocycles. The summed E-state index contributed by atoms with van der Waals surface area (Å²) in [5.41, 5.74) is 2.43. The largest absolute Gasteiger partial charge is 0.351 e. The summed E-state index contributed by atoms with van der Waals surface area (Å²) < 4.78 is 0. The van der Waals surface area contributed by atoms with Crippen molar-refractivity contribution in [3.63, 3.8) is 0 Å². The molecule has 2 saturated carbocycles. The van der Waals surface area contributed by atoms with Crippen LogP contribution in [-0.2, 0) is 13.0 Å². The zero-order chi connectivity index (χ0) is 11.7. The van der Waals surface area contributed by atoms with Crippen LogP contribution in [-0.4, -0.2) is 22.1 Å². The summed E-state index contributed by atoms with van der Waals surface area (Å²) in [6.45, 7) is 3.07. The van der Waals surface area contributed by atoms with Crippen LogP contribution in [0.2, 0.25) is 0 Å².